The lowest BCUT2D eigenvalue weighted by molar-refractivity contribution is 1.12. The molecule has 110 valence electrons. The Bertz CT molecular complexity index is 672. The van der Waals surface area contributed by atoms with Gasteiger partial charge in [-0.3, -0.25) is 0 Å². The SMILES string of the molecule is CC.CCNc1ccc2cccc(Cc3cnc[nH]3)c2c1. The predicted molar refractivity (Wildman–Crippen MR) is 90.9 cm³/mol. The lowest BCUT2D eigenvalue weighted by Crippen LogP contribution is -1.97. The average Bonchev–Trinajstić information content (AvgIpc) is 3.03. The van der Waals surface area contributed by atoms with E-state index in [9.17, 15) is 0 Å². The summed E-state index contributed by atoms with van der Waals surface area (Å²) in [6, 6.07) is 13.0. The van der Waals surface area contributed by atoms with Gasteiger partial charge < -0.3 is 10.3 Å². The Morgan fingerprint density at radius 2 is 2.00 bits per heavy atom. The number of aromatic amines is 1. The third-order valence-electron chi connectivity index (χ3n) is 3.29. The molecule has 1 aromatic heterocycles. The summed E-state index contributed by atoms with van der Waals surface area (Å²) in [4.78, 5) is 7.24. The Hall–Kier alpha value is -2.29. The van der Waals surface area contributed by atoms with Gasteiger partial charge in [-0.15, -0.1) is 0 Å². The summed E-state index contributed by atoms with van der Waals surface area (Å²) < 4.78 is 0. The van der Waals surface area contributed by atoms with Crippen LogP contribution < -0.4 is 5.32 Å². The van der Waals surface area contributed by atoms with E-state index in [4.69, 9.17) is 0 Å². The minimum atomic E-state index is 0.882. The lowest BCUT2D eigenvalue weighted by atomic mass is 10.0. The van der Waals surface area contributed by atoms with Crippen molar-refractivity contribution in [2.75, 3.05) is 11.9 Å². The Labute approximate surface area is 126 Å². The summed E-state index contributed by atoms with van der Waals surface area (Å²) in [5.74, 6) is 0. The molecule has 0 amide bonds. The van der Waals surface area contributed by atoms with Crippen molar-refractivity contribution in [1.82, 2.24) is 9.97 Å². The van der Waals surface area contributed by atoms with E-state index in [-0.39, 0.29) is 0 Å². The molecule has 21 heavy (non-hydrogen) atoms. The van der Waals surface area contributed by atoms with Gasteiger partial charge in [0.15, 0.2) is 0 Å². The number of H-pyrrole nitrogens is 1. The Balaban J connectivity index is 0.000000774. The van der Waals surface area contributed by atoms with Crippen LogP contribution in [0.15, 0.2) is 48.9 Å². The molecule has 0 aliphatic carbocycles. The Morgan fingerprint density at radius 3 is 2.71 bits per heavy atom. The molecule has 0 aliphatic rings. The highest BCUT2D eigenvalue weighted by atomic mass is 14.9. The molecular weight excluding hydrogens is 258 g/mol. The molecule has 0 fully saturated rings. The van der Waals surface area contributed by atoms with E-state index >= 15 is 0 Å². The summed E-state index contributed by atoms with van der Waals surface area (Å²) in [6.07, 6.45) is 4.49. The fraction of sp³-hybridized carbons (Fsp3) is 0.278. The molecule has 0 unspecified atom stereocenters. The number of anilines is 1. The second kappa shape index (κ2) is 7.48. The first-order valence-corrected chi connectivity index (χ1v) is 7.59. The van der Waals surface area contributed by atoms with Crippen LogP contribution in [-0.2, 0) is 6.42 Å². The highest BCUT2D eigenvalue weighted by molar-refractivity contribution is 5.88. The highest BCUT2D eigenvalue weighted by Crippen LogP contribution is 2.24. The van der Waals surface area contributed by atoms with Gasteiger partial charge in [-0.1, -0.05) is 38.1 Å². The molecule has 0 atom stereocenters. The largest absolute Gasteiger partial charge is 0.385 e. The van der Waals surface area contributed by atoms with Gasteiger partial charge in [-0.05, 0) is 35.4 Å². The van der Waals surface area contributed by atoms with Crippen LogP contribution >= 0.6 is 0 Å². The topological polar surface area (TPSA) is 40.7 Å². The molecule has 2 N–H and O–H groups in total. The molecule has 3 aromatic rings. The standard InChI is InChI=1S/C16H17N3.C2H6/c1-2-18-14-7-6-12-4-3-5-13(16(12)9-14)8-15-10-17-11-19-15;1-2/h3-7,9-11,18H,2,8H2,1H3,(H,17,19);1-2H3. The second-order valence-electron chi connectivity index (χ2n) is 4.64. The molecule has 3 rings (SSSR count). The molecule has 0 spiro atoms. The monoisotopic (exact) mass is 281 g/mol. The van der Waals surface area contributed by atoms with Crippen LogP contribution in [0.1, 0.15) is 32.0 Å². The minimum Gasteiger partial charge on any atom is -0.385 e. The molecule has 1 heterocycles. The first-order valence-electron chi connectivity index (χ1n) is 7.59. The number of aromatic nitrogens is 2. The van der Waals surface area contributed by atoms with E-state index in [1.54, 1.807) is 6.33 Å². The third-order valence-corrected chi connectivity index (χ3v) is 3.29. The van der Waals surface area contributed by atoms with E-state index in [1.165, 1.54) is 22.0 Å². The van der Waals surface area contributed by atoms with E-state index in [0.717, 1.165) is 18.7 Å². The number of imidazole rings is 1. The smallest absolute Gasteiger partial charge is 0.0921 e. The first-order chi connectivity index (χ1) is 10.4. The molecule has 0 saturated carbocycles. The Morgan fingerprint density at radius 1 is 1.14 bits per heavy atom. The minimum absolute atomic E-state index is 0.882. The number of nitrogens with one attached hydrogen (secondary N) is 2. The molecule has 2 aromatic carbocycles. The molecule has 0 bridgehead atoms. The van der Waals surface area contributed by atoms with Crippen LogP contribution in [0.5, 0.6) is 0 Å². The van der Waals surface area contributed by atoms with Gasteiger partial charge in [0.1, 0.15) is 0 Å². The number of hydrogen-bond donors (Lipinski definition) is 2. The second-order valence-corrected chi connectivity index (χ2v) is 4.64. The number of nitrogens with zero attached hydrogens (tertiary/aromatic N) is 1. The van der Waals surface area contributed by atoms with Crippen LogP contribution in [0.2, 0.25) is 0 Å². The fourth-order valence-electron chi connectivity index (χ4n) is 2.39. The molecule has 0 radical (unpaired) electrons. The van der Waals surface area contributed by atoms with Gasteiger partial charge in [-0.2, -0.15) is 0 Å². The van der Waals surface area contributed by atoms with Crippen molar-refractivity contribution in [1.29, 1.82) is 0 Å². The maximum absolute atomic E-state index is 4.08. The number of hydrogen-bond acceptors (Lipinski definition) is 2. The van der Waals surface area contributed by atoms with Crippen molar-refractivity contribution in [3.8, 4) is 0 Å². The molecule has 0 saturated heterocycles. The average molecular weight is 281 g/mol. The van der Waals surface area contributed by atoms with E-state index < -0.39 is 0 Å². The zero-order valence-electron chi connectivity index (χ0n) is 13.0. The van der Waals surface area contributed by atoms with Crippen molar-refractivity contribution in [3.05, 3.63) is 60.2 Å². The summed E-state index contributed by atoms with van der Waals surface area (Å²) in [7, 11) is 0. The maximum atomic E-state index is 4.08. The van der Waals surface area contributed by atoms with Crippen LogP contribution in [-0.4, -0.2) is 16.5 Å². The molecule has 3 heteroatoms. The summed E-state index contributed by atoms with van der Waals surface area (Å²) in [5.41, 5.74) is 3.63. The van der Waals surface area contributed by atoms with Gasteiger partial charge >= 0.3 is 0 Å². The number of rotatable bonds is 4. The Kier molecular flexibility index (Phi) is 5.38. The summed E-state index contributed by atoms with van der Waals surface area (Å²) in [5, 5.41) is 5.94. The molecule has 0 aliphatic heterocycles. The van der Waals surface area contributed by atoms with Crippen molar-refractivity contribution in [2.45, 2.75) is 27.2 Å². The van der Waals surface area contributed by atoms with Crippen LogP contribution in [0.25, 0.3) is 10.8 Å². The fourth-order valence-corrected chi connectivity index (χ4v) is 2.39. The van der Waals surface area contributed by atoms with Crippen molar-refractivity contribution >= 4 is 16.5 Å². The molecular formula is C18H23N3. The van der Waals surface area contributed by atoms with Gasteiger partial charge in [0.2, 0.25) is 0 Å². The summed E-state index contributed by atoms with van der Waals surface area (Å²) >= 11 is 0. The van der Waals surface area contributed by atoms with E-state index in [1.807, 2.05) is 20.0 Å². The van der Waals surface area contributed by atoms with Crippen LogP contribution in [0.3, 0.4) is 0 Å². The summed E-state index contributed by atoms with van der Waals surface area (Å²) in [6.45, 7) is 7.05. The van der Waals surface area contributed by atoms with E-state index in [2.05, 4.69) is 58.6 Å². The van der Waals surface area contributed by atoms with Crippen molar-refractivity contribution in [3.63, 3.8) is 0 Å². The van der Waals surface area contributed by atoms with E-state index in [0.29, 0.717) is 0 Å². The first kappa shape index (κ1) is 15.1. The maximum Gasteiger partial charge on any atom is 0.0921 e. The highest BCUT2D eigenvalue weighted by Gasteiger charge is 2.04. The van der Waals surface area contributed by atoms with Crippen LogP contribution in [0.4, 0.5) is 5.69 Å². The van der Waals surface area contributed by atoms with Gasteiger partial charge in [0.25, 0.3) is 0 Å². The van der Waals surface area contributed by atoms with Gasteiger partial charge in [0.05, 0.1) is 6.33 Å². The number of fused-ring (bicyclic) bond motifs is 1. The van der Waals surface area contributed by atoms with Crippen molar-refractivity contribution < 1.29 is 0 Å². The zero-order valence-corrected chi connectivity index (χ0v) is 13.0. The van der Waals surface area contributed by atoms with Gasteiger partial charge in [0, 0.05) is 30.5 Å². The zero-order chi connectivity index (χ0) is 15.1. The third kappa shape index (κ3) is 3.63. The predicted octanol–water partition coefficient (Wildman–Crippen LogP) is 4.61. The number of benzene rings is 2. The van der Waals surface area contributed by atoms with Crippen molar-refractivity contribution in [2.24, 2.45) is 0 Å². The van der Waals surface area contributed by atoms with Crippen LogP contribution in [0, 0.1) is 0 Å². The normalized spacial score (nSPS) is 10.0. The quantitative estimate of drug-likeness (QED) is 0.733. The lowest BCUT2D eigenvalue weighted by Gasteiger charge is -2.09. The molecule has 3 nitrogen and oxygen atoms in total. The van der Waals surface area contributed by atoms with Gasteiger partial charge in [-0.25, -0.2) is 4.98 Å².